The van der Waals surface area contributed by atoms with E-state index in [1.807, 2.05) is 112 Å². The number of amides is 5. The van der Waals surface area contributed by atoms with E-state index in [1.165, 1.54) is 47.6 Å². The van der Waals surface area contributed by atoms with Crippen LogP contribution in [0, 0.1) is 5.92 Å². The number of hydrogen-bond donors (Lipinski definition) is 2. The summed E-state index contributed by atoms with van der Waals surface area (Å²) in [6, 6.07) is 27.5. The lowest BCUT2D eigenvalue weighted by Crippen LogP contribution is -2.56. The van der Waals surface area contributed by atoms with Crippen molar-refractivity contribution in [2.75, 3.05) is 53.1 Å². The van der Waals surface area contributed by atoms with Crippen LogP contribution < -0.4 is 10.6 Å². The summed E-state index contributed by atoms with van der Waals surface area (Å²) in [6.07, 6.45) is 0.185. The van der Waals surface area contributed by atoms with Crippen LogP contribution >= 0.6 is 11.8 Å². The SMILES string of the molecule is CC[C@@H]1CC(=O)CN(C)C(=O)[C@H](CSC(c2ccccc2)(c2ccccc2)c2ccccc2)NC(=O)CN(C)C(=O)[C@H](COC(C)(C)C)NC(=O)CN(C)C1=O. The highest BCUT2D eigenvalue weighted by molar-refractivity contribution is 8.00. The molecule has 3 aromatic rings. The third-order valence-electron chi connectivity index (χ3n) is 9.58. The summed E-state index contributed by atoms with van der Waals surface area (Å²) in [5, 5.41) is 5.55. The van der Waals surface area contributed by atoms with Crippen molar-refractivity contribution in [2.45, 2.75) is 63.0 Å². The molecule has 0 aliphatic carbocycles. The highest BCUT2D eigenvalue weighted by Gasteiger charge is 2.39. The average molecular weight is 786 g/mol. The molecule has 1 aliphatic heterocycles. The first-order valence-corrected chi connectivity index (χ1v) is 19.8. The summed E-state index contributed by atoms with van der Waals surface area (Å²) in [6.45, 7) is 5.93. The van der Waals surface area contributed by atoms with E-state index in [4.69, 9.17) is 4.74 Å². The smallest absolute Gasteiger partial charge is 0.247 e. The summed E-state index contributed by atoms with van der Waals surface area (Å²) < 4.78 is 5.06. The van der Waals surface area contributed by atoms with Crippen molar-refractivity contribution in [3.05, 3.63) is 108 Å². The Morgan fingerprint density at radius 2 is 1.04 bits per heavy atom. The number of ether oxygens (including phenoxy) is 1. The number of carbonyl (C=O) groups excluding carboxylic acids is 6. The molecule has 0 aromatic heterocycles. The molecule has 1 aliphatic rings. The zero-order valence-corrected chi connectivity index (χ0v) is 34.3. The van der Waals surface area contributed by atoms with E-state index < -0.39 is 64.4 Å². The molecule has 3 atom stereocenters. The first-order valence-electron chi connectivity index (χ1n) is 18.9. The molecule has 1 saturated heterocycles. The molecule has 13 heteroatoms. The number of nitrogens with one attached hydrogen (secondary N) is 2. The molecule has 2 N–H and O–H groups in total. The van der Waals surface area contributed by atoms with Crippen LogP contribution in [-0.4, -0.2) is 121 Å². The standard InChI is InChI=1S/C43H55N5O7S/c1-8-30-24-34(49)25-46(5)41(54)36(29-56-43(31-18-12-9-13-19-31,32-20-14-10-15-21-32)33-22-16-11-17-23-33)45-38(51)27-48(7)40(53)35(28-55-42(2,3)4)44-37(50)26-47(6)39(30)52/h9-23,30,35-36H,8,24-29H2,1-7H3,(H,44,50)(H,45,51)/t30-,35+,36+/m1/s1. The molecule has 300 valence electrons. The van der Waals surface area contributed by atoms with Crippen LogP contribution in [-0.2, 0) is 38.3 Å². The van der Waals surface area contributed by atoms with Gasteiger partial charge in [0.1, 0.15) is 12.1 Å². The second-order valence-electron chi connectivity index (χ2n) is 15.2. The van der Waals surface area contributed by atoms with E-state index in [9.17, 15) is 28.8 Å². The van der Waals surface area contributed by atoms with Gasteiger partial charge in [-0.1, -0.05) is 97.9 Å². The monoisotopic (exact) mass is 785 g/mol. The van der Waals surface area contributed by atoms with E-state index >= 15 is 0 Å². The molecule has 0 bridgehead atoms. The van der Waals surface area contributed by atoms with Gasteiger partial charge in [-0.3, -0.25) is 28.8 Å². The van der Waals surface area contributed by atoms with E-state index in [0.717, 1.165) is 16.7 Å². The predicted octanol–water partition coefficient (Wildman–Crippen LogP) is 3.87. The van der Waals surface area contributed by atoms with Gasteiger partial charge >= 0.3 is 0 Å². The molecule has 0 spiro atoms. The van der Waals surface area contributed by atoms with Crippen LogP contribution in [0.4, 0.5) is 0 Å². The summed E-state index contributed by atoms with van der Waals surface area (Å²) in [5.74, 6) is -3.69. The van der Waals surface area contributed by atoms with Crippen LogP contribution in [0.25, 0.3) is 0 Å². The maximum absolute atomic E-state index is 14.4. The van der Waals surface area contributed by atoms with Gasteiger partial charge in [-0.2, -0.15) is 0 Å². The Morgan fingerprint density at radius 3 is 1.48 bits per heavy atom. The third kappa shape index (κ3) is 11.5. The minimum absolute atomic E-state index is 0.0818. The molecule has 0 radical (unpaired) electrons. The Balaban J connectivity index is 1.74. The molecule has 4 rings (SSSR count). The maximum atomic E-state index is 14.4. The van der Waals surface area contributed by atoms with E-state index in [-0.39, 0.29) is 37.7 Å². The van der Waals surface area contributed by atoms with Crippen molar-refractivity contribution in [3.63, 3.8) is 0 Å². The quantitative estimate of drug-likeness (QED) is 0.312. The number of benzene rings is 3. The van der Waals surface area contributed by atoms with Crippen LogP contribution in [0.5, 0.6) is 0 Å². The third-order valence-corrected chi connectivity index (χ3v) is 11.2. The van der Waals surface area contributed by atoms with Gasteiger partial charge in [0, 0.05) is 39.2 Å². The molecule has 0 saturated carbocycles. The second-order valence-corrected chi connectivity index (χ2v) is 16.4. The van der Waals surface area contributed by atoms with E-state index in [1.54, 1.807) is 6.92 Å². The topological polar surface area (TPSA) is 145 Å². The van der Waals surface area contributed by atoms with Gasteiger partial charge in [-0.05, 0) is 43.9 Å². The van der Waals surface area contributed by atoms with E-state index in [2.05, 4.69) is 10.6 Å². The Labute approximate surface area is 334 Å². The molecular formula is C43H55N5O7S. The molecule has 5 amide bonds. The van der Waals surface area contributed by atoms with Crippen LogP contribution in [0.3, 0.4) is 0 Å². The van der Waals surface area contributed by atoms with Gasteiger partial charge in [-0.25, -0.2) is 0 Å². The molecule has 56 heavy (non-hydrogen) atoms. The lowest BCUT2D eigenvalue weighted by Gasteiger charge is -2.37. The minimum Gasteiger partial charge on any atom is -0.373 e. The van der Waals surface area contributed by atoms with Crippen molar-refractivity contribution < 1.29 is 33.5 Å². The number of rotatable bonds is 9. The summed E-state index contributed by atoms with van der Waals surface area (Å²) in [5.41, 5.74) is 2.23. The second kappa shape index (κ2) is 19.7. The Bertz CT molecular complexity index is 1720. The molecule has 0 unspecified atom stereocenters. The molecule has 1 fully saturated rings. The zero-order valence-electron chi connectivity index (χ0n) is 33.4. The highest BCUT2D eigenvalue weighted by Crippen LogP contribution is 2.48. The minimum atomic E-state index is -1.17. The van der Waals surface area contributed by atoms with Crippen LogP contribution in [0.1, 0.15) is 57.2 Å². The van der Waals surface area contributed by atoms with Crippen molar-refractivity contribution in [1.82, 2.24) is 25.3 Å². The fraction of sp³-hybridized carbons (Fsp3) is 0.442. The number of Topliss-reactive ketones (excluding diaryl/α,β-unsaturated/α-hetero) is 1. The first kappa shape index (κ1) is 43.7. The number of likely N-dealkylation sites (N-methyl/N-ethyl adjacent to an activating group) is 3. The van der Waals surface area contributed by atoms with Crippen LogP contribution in [0.2, 0.25) is 0 Å². The van der Waals surface area contributed by atoms with Crippen LogP contribution in [0.15, 0.2) is 91.0 Å². The van der Waals surface area contributed by atoms with Gasteiger partial charge < -0.3 is 30.1 Å². The fourth-order valence-corrected chi connectivity index (χ4v) is 8.21. The van der Waals surface area contributed by atoms with Gasteiger partial charge in [0.05, 0.1) is 36.6 Å². The van der Waals surface area contributed by atoms with Gasteiger partial charge in [0.25, 0.3) is 0 Å². The lowest BCUT2D eigenvalue weighted by atomic mass is 9.84. The van der Waals surface area contributed by atoms with Crippen molar-refractivity contribution in [1.29, 1.82) is 0 Å². The number of thioether (sulfide) groups is 1. The normalized spacial score (nSPS) is 20.3. The maximum Gasteiger partial charge on any atom is 0.247 e. The zero-order chi connectivity index (χ0) is 41.0. The lowest BCUT2D eigenvalue weighted by molar-refractivity contribution is -0.144. The molecule has 12 nitrogen and oxygen atoms in total. The van der Waals surface area contributed by atoms with Gasteiger partial charge in [0.2, 0.25) is 29.5 Å². The molecular weight excluding hydrogens is 731 g/mol. The van der Waals surface area contributed by atoms with Gasteiger partial charge in [-0.15, -0.1) is 11.8 Å². The van der Waals surface area contributed by atoms with Crippen molar-refractivity contribution in [3.8, 4) is 0 Å². The summed E-state index contributed by atoms with van der Waals surface area (Å²) in [4.78, 5) is 85.8. The fourth-order valence-electron chi connectivity index (χ4n) is 6.66. The number of ketones is 1. The summed E-state index contributed by atoms with van der Waals surface area (Å²) in [7, 11) is 4.39. The molecule has 1 heterocycles. The van der Waals surface area contributed by atoms with Crippen molar-refractivity contribution in [2.24, 2.45) is 5.92 Å². The number of hydrogen-bond acceptors (Lipinski definition) is 8. The number of nitrogens with zero attached hydrogens (tertiary/aromatic N) is 3. The average Bonchev–Trinajstić information content (AvgIpc) is 3.17. The van der Waals surface area contributed by atoms with Crippen molar-refractivity contribution >= 4 is 47.1 Å². The Hall–Kier alpha value is -5.01. The number of carbonyl (C=O) groups is 6. The highest BCUT2D eigenvalue weighted by atomic mass is 32.2. The largest absolute Gasteiger partial charge is 0.373 e. The summed E-state index contributed by atoms with van der Waals surface area (Å²) >= 11 is 1.47. The van der Waals surface area contributed by atoms with Gasteiger partial charge in [0.15, 0.2) is 5.78 Å². The predicted molar refractivity (Wildman–Crippen MR) is 218 cm³/mol. The van der Waals surface area contributed by atoms with E-state index in [0.29, 0.717) is 6.42 Å². The Kier molecular flexibility index (Phi) is 15.4. The Morgan fingerprint density at radius 1 is 0.625 bits per heavy atom. The first-order chi connectivity index (χ1) is 26.5. The molecule has 3 aromatic carbocycles.